The molecule has 1 saturated carbocycles. The quantitative estimate of drug-likeness (QED) is 0.846. The van der Waals surface area contributed by atoms with Crippen molar-refractivity contribution in [2.45, 2.75) is 39.0 Å². The summed E-state index contributed by atoms with van der Waals surface area (Å²) in [6.45, 7) is 1.46. The minimum absolute atomic E-state index is 0.120. The van der Waals surface area contributed by atoms with Gasteiger partial charge in [0.1, 0.15) is 5.41 Å². The molecule has 134 valence electrons. The summed E-state index contributed by atoms with van der Waals surface area (Å²) in [6.07, 6.45) is 4.11. The maximum atomic E-state index is 12.6. The van der Waals surface area contributed by atoms with Crippen molar-refractivity contribution >= 4 is 34.0 Å². The summed E-state index contributed by atoms with van der Waals surface area (Å²) in [5.74, 6) is -0.368. The number of rotatable bonds is 4. The Balaban J connectivity index is 1.70. The molecule has 0 aliphatic heterocycles. The minimum atomic E-state index is -0.926. The number of carbonyl (C=O) groups excluding carboxylic acids is 2. The van der Waals surface area contributed by atoms with Gasteiger partial charge < -0.3 is 10.6 Å². The van der Waals surface area contributed by atoms with E-state index in [0.717, 1.165) is 36.2 Å². The third-order valence-electron chi connectivity index (χ3n) is 4.58. The van der Waals surface area contributed by atoms with Gasteiger partial charge in [-0.3, -0.25) is 9.59 Å². The molecule has 1 aliphatic carbocycles. The van der Waals surface area contributed by atoms with Gasteiger partial charge >= 0.3 is 0 Å². The minimum Gasteiger partial charge on any atom is -0.326 e. The first kappa shape index (κ1) is 18.1. The number of nitrogens with one attached hydrogen (secondary N) is 2. The lowest BCUT2D eigenvalue weighted by molar-refractivity contribution is -0.124. The van der Waals surface area contributed by atoms with Crippen LogP contribution in [0, 0.1) is 16.7 Å². The Kier molecular flexibility index (Phi) is 5.33. The van der Waals surface area contributed by atoms with Crippen LogP contribution in [0.25, 0.3) is 11.3 Å². The zero-order valence-corrected chi connectivity index (χ0v) is 15.4. The molecule has 7 heteroatoms. The fraction of sp³-hybridized carbons (Fsp3) is 0.368. The maximum absolute atomic E-state index is 12.6. The number of hydrogen-bond donors (Lipinski definition) is 2. The van der Waals surface area contributed by atoms with E-state index in [1.54, 1.807) is 12.1 Å². The van der Waals surface area contributed by atoms with E-state index < -0.39 is 5.41 Å². The summed E-state index contributed by atoms with van der Waals surface area (Å²) < 4.78 is 0. The van der Waals surface area contributed by atoms with Crippen LogP contribution in [0.3, 0.4) is 0 Å². The molecule has 0 spiro atoms. The number of thiazole rings is 1. The smallest absolute Gasteiger partial charge is 0.246 e. The van der Waals surface area contributed by atoms with E-state index in [4.69, 9.17) is 0 Å². The van der Waals surface area contributed by atoms with E-state index in [0.29, 0.717) is 18.0 Å². The Morgan fingerprint density at radius 2 is 1.85 bits per heavy atom. The van der Waals surface area contributed by atoms with E-state index >= 15 is 0 Å². The standard InChI is InChI=1S/C19H20N4O2S/c1-13(24)21-15-7-5-14(6-8-15)16-11-26-18(22-16)23-17(25)19(12-20)9-3-2-4-10-19/h5-8,11H,2-4,9-10H2,1H3,(H,21,24)(H,22,23,25). The largest absolute Gasteiger partial charge is 0.326 e. The van der Waals surface area contributed by atoms with Crippen molar-refractivity contribution in [1.29, 1.82) is 5.26 Å². The van der Waals surface area contributed by atoms with Gasteiger partial charge in [-0.05, 0) is 25.0 Å². The van der Waals surface area contributed by atoms with Crippen molar-refractivity contribution in [3.05, 3.63) is 29.6 Å². The molecule has 0 radical (unpaired) electrons. The SMILES string of the molecule is CC(=O)Nc1ccc(-c2csc(NC(=O)C3(C#N)CCCCC3)n2)cc1. The monoisotopic (exact) mass is 368 g/mol. The summed E-state index contributed by atoms with van der Waals surface area (Å²) in [4.78, 5) is 28.1. The normalized spacial score (nSPS) is 15.7. The molecule has 3 rings (SSSR count). The van der Waals surface area contributed by atoms with Gasteiger partial charge in [-0.15, -0.1) is 11.3 Å². The van der Waals surface area contributed by atoms with Crippen molar-refractivity contribution in [2.24, 2.45) is 5.41 Å². The number of nitriles is 1. The van der Waals surface area contributed by atoms with Crippen LogP contribution in [0.5, 0.6) is 0 Å². The van der Waals surface area contributed by atoms with Crippen LogP contribution in [0.1, 0.15) is 39.0 Å². The number of carbonyl (C=O) groups is 2. The van der Waals surface area contributed by atoms with Crippen LogP contribution >= 0.6 is 11.3 Å². The Bertz CT molecular complexity index is 845. The van der Waals surface area contributed by atoms with Gasteiger partial charge in [0.25, 0.3) is 0 Å². The molecule has 1 heterocycles. The van der Waals surface area contributed by atoms with Gasteiger partial charge in [0.05, 0.1) is 11.8 Å². The molecule has 2 amide bonds. The first-order chi connectivity index (χ1) is 12.5. The Labute approximate surface area is 156 Å². The van der Waals surface area contributed by atoms with Gasteiger partial charge in [-0.1, -0.05) is 31.4 Å². The lowest BCUT2D eigenvalue weighted by atomic mass is 9.74. The van der Waals surface area contributed by atoms with Crippen molar-refractivity contribution in [3.63, 3.8) is 0 Å². The molecule has 0 saturated heterocycles. The van der Waals surface area contributed by atoms with Crippen molar-refractivity contribution in [3.8, 4) is 17.3 Å². The highest BCUT2D eigenvalue weighted by Crippen LogP contribution is 2.37. The average Bonchev–Trinajstić information content (AvgIpc) is 3.11. The number of benzene rings is 1. The maximum Gasteiger partial charge on any atom is 0.246 e. The molecule has 0 atom stereocenters. The van der Waals surface area contributed by atoms with Gasteiger partial charge in [0.2, 0.25) is 11.8 Å². The Morgan fingerprint density at radius 1 is 1.15 bits per heavy atom. The predicted molar refractivity (Wildman–Crippen MR) is 102 cm³/mol. The number of aromatic nitrogens is 1. The molecule has 1 aromatic heterocycles. The van der Waals surface area contributed by atoms with E-state index in [2.05, 4.69) is 21.7 Å². The third-order valence-corrected chi connectivity index (χ3v) is 5.34. The van der Waals surface area contributed by atoms with Crippen LogP contribution in [0.2, 0.25) is 0 Å². The first-order valence-corrected chi connectivity index (χ1v) is 9.47. The van der Waals surface area contributed by atoms with Crippen molar-refractivity contribution in [1.82, 2.24) is 4.98 Å². The third kappa shape index (κ3) is 3.92. The summed E-state index contributed by atoms with van der Waals surface area (Å²) >= 11 is 1.34. The average molecular weight is 368 g/mol. The van der Waals surface area contributed by atoms with Crippen LogP contribution in [-0.2, 0) is 9.59 Å². The van der Waals surface area contributed by atoms with Gasteiger partial charge in [-0.25, -0.2) is 4.98 Å². The molecular weight excluding hydrogens is 348 g/mol. The van der Waals surface area contributed by atoms with Crippen LogP contribution in [0.15, 0.2) is 29.6 Å². The molecule has 1 aliphatic rings. The summed E-state index contributed by atoms with van der Waals surface area (Å²) in [6, 6.07) is 9.57. The van der Waals surface area contributed by atoms with E-state index in [1.165, 1.54) is 18.3 Å². The lowest BCUT2D eigenvalue weighted by Gasteiger charge is -2.28. The van der Waals surface area contributed by atoms with Crippen LogP contribution < -0.4 is 10.6 Å². The fourth-order valence-corrected chi connectivity index (χ4v) is 3.87. The lowest BCUT2D eigenvalue weighted by Crippen LogP contribution is -2.36. The first-order valence-electron chi connectivity index (χ1n) is 8.59. The van der Waals surface area contributed by atoms with Gasteiger partial charge in [0.15, 0.2) is 5.13 Å². The number of nitrogens with zero attached hydrogens (tertiary/aromatic N) is 2. The molecule has 1 fully saturated rings. The summed E-state index contributed by atoms with van der Waals surface area (Å²) in [5.41, 5.74) is 1.43. The van der Waals surface area contributed by atoms with Gasteiger partial charge in [0, 0.05) is 23.6 Å². The Morgan fingerprint density at radius 3 is 2.46 bits per heavy atom. The molecule has 1 aromatic carbocycles. The second-order valence-electron chi connectivity index (χ2n) is 6.51. The second-order valence-corrected chi connectivity index (χ2v) is 7.36. The molecule has 6 nitrogen and oxygen atoms in total. The van der Waals surface area contributed by atoms with Crippen molar-refractivity contribution in [2.75, 3.05) is 10.6 Å². The molecule has 0 unspecified atom stereocenters. The highest BCUT2D eigenvalue weighted by atomic mass is 32.1. The molecule has 2 aromatic rings. The van der Waals surface area contributed by atoms with Crippen molar-refractivity contribution < 1.29 is 9.59 Å². The summed E-state index contributed by atoms with van der Waals surface area (Å²) in [5, 5.41) is 17.4. The van der Waals surface area contributed by atoms with Crippen LogP contribution in [-0.4, -0.2) is 16.8 Å². The zero-order valence-electron chi connectivity index (χ0n) is 14.5. The zero-order chi connectivity index (χ0) is 18.6. The molecule has 2 N–H and O–H groups in total. The van der Waals surface area contributed by atoms with E-state index in [-0.39, 0.29) is 11.8 Å². The fourth-order valence-electron chi connectivity index (χ4n) is 3.15. The summed E-state index contributed by atoms with van der Waals surface area (Å²) in [7, 11) is 0. The Hall–Kier alpha value is -2.72. The number of hydrogen-bond acceptors (Lipinski definition) is 5. The highest BCUT2D eigenvalue weighted by molar-refractivity contribution is 7.14. The van der Waals surface area contributed by atoms with E-state index in [9.17, 15) is 14.9 Å². The number of anilines is 2. The molecule has 26 heavy (non-hydrogen) atoms. The predicted octanol–water partition coefficient (Wildman–Crippen LogP) is 4.18. The molecular formula is C19H20N4O2S. The second kappa shape index (κ2) is 7.67. The van der Waals surface area contributed by atoms with E-state index in [1.807, 2.05) is 17.5 Å². The molecule has 0 bridgehead atoms. The topological polar surface area (TPSA) is 94.9 Å². The highest BCUT2D eigenvalue weighted by Gasteiger charge is 2.40. The van der Waals surface area contributed by atoms with Gasteiger partial charge in [-0.2, -0.15) is 5.26 Å². The number of amides is 2. The van der Waals surface area contributed by atoms with Crippen LogP contribution in [0.4, 0.5) is 10.8 Å².